The van der Waals surface area contributed by atoms with E-state index in [-0.39, 0.29) is 11.5 Å². The van der Waals surface area contributed by atoms with Gasteiger partial charge in [-0.05, 0) is 24.5 Å². The Bertz CT molecular complexity index is 334. The highest BCUT2D eigenvalue weighted by molar-refractivity contribution is 9.10. The smallest absolute Gasteiger partial charge is 0.0558 e. The molecule has 0 aromatic heterocycles. The largest absolute Gasteiger partial charge is 0.393 e. The first-order chi connectivity index (χ1) is 6.68. The molecule has 0 saturated heterocycles. The molecule has 0 atom stereocenters. The molecule has 2 rings (SSSR count). The average Bonchev–Trinajstić information content (AvgIpc) is 2.14. The van der Waals surface area contributed by atoms with Crippen molar-refractivity contribution < 1.29 is 5.11 Å². The van der Waals surface area contributed by atoms with Crippen LogP contribution >= 0.6 is 15.9 Å². The second-order valence-electron chi connectivity index (χ2n) is 4.03. The number of hydrogen-bond acceptors (Lipinski definition) is 2. The van der Waals surface area contributed by atoms with Crippen molar-refractivity contribution in [1.29, 1.82) is 0 Å². The maximum atomic E-state index is 9.40. The Hall–Kier alpha value is -0.380. The zero-order valence-electron chi connectivity index (χ0n) is 7.91. The number of nitrogens with two attached hydrogens (primary N) is 1. The Kier molecular flexibility index (Phi) is 2.64. The molecule has 1 fully saturated rings. The summed E-state index contributed by atoms with van der Waals surface area (Å²) in [5.41, 5.74) is 7.03. The van der Waals surface area contributed by atoms with Crippen LogP contribution in [-0.4, -0.2) is 17.8 Å². The van der Waals surface area contributed by atoms with Crippen LogP contribution in [0.4, 0.5) is 0 Å². The summed E-state index contributed by atoms with van der Waals surface area (Å²) in [7, 11) is 0. The van der Waals surface area contributed by atoms with E-state index in [1.165, 1.54) is 5.56 Å². The molecule has 0 unspecified atom stereocenters. The molecule has 1 aromatic rings. The first-order valence-electron chi connectivity index (χ1n) is 4.81. The lowest BCUT2D eigenvalue weighted by atomic mass is 9.63. The van der Waals surface area contributed by atoms with Crippen molar-refractivity contribution in [3.05, 3.63) is 34.3 Å². The summed E-state index contributed by atoms with van der Waals surface area (Å²) in [6.07, 6.45) is 1.39. The van der Waals surface area contributed by atoms with Gasteiger partial charge in [-0.2, -0.15) is 0 Å². The minimum Gasteiger partial charge on any atom is -0.393 e. The van der Waals surface area contributed by atoms with Gasteiger partial charge >= 0.3 is 0 Å². The van der Waals surface area contributed by atoms with E-state index in [1.807, 2.05) is 18.2 Å². The third-order valence-corrected chi connectivity index (χ3v) is 3.78. The van der Waals surface area contributed by atoms with Gasteiger partial charge in [-0.15, -0.1) is 0 Å². The number of halogens is 1. The van der Waals surface area contributed by atoms with Gasteiger partial charge in [0.2, 0.25) is 0 Å². The monoisotopic (exact) mass is 255 g/mol. The highest BCUT2D eigenvalue weighted by Gasteiger charge is 2.44. The summed E-state index contributed by atoms with van der Waals surface area (Å²) in [6, 6.07) is 8.12. The third-order valence-electron chi connectivity index (χ3n) is 3.09. The maximum absolute atomic E-state index is 9.40. The van der Waals surface area contributed by atoms with Crippen LogP contribution in [0.25, 0.3) is 0 Å². The number of aliphatic hydroxyl groups is 1. The summed E-state index contributed by atoms with van der Waals surface area (Å²) in [6.45, 7) is 0.604. The predicted molar refractivity (Wildman–Crippen MR) is 60.1 cm³/mol. The van der Waals surface area contributed by atoms with Gasteiger partial charge in [-0.1, -0.05) is 34.1 Å². The zero-order chi connectivity index (χ0) is 10.2. The molecule has 76 valence electrons. The lowest BCUT2D eigenvalue weighted by Gasteiger charge is -2.45. The number of hydrogen-bond donors (Lipinski definition) is 2. The van der Waals surface area contributed by atoms with E-state index in [9.17, 15) is 5.11 Å². The second-order valence-corrected chi connectivity index (χ2v) is 4.88. The lowest BCUT2D eigenvalue weighted by molar-refractivity contribution is 0.0218. The highest BCUT2D eigenvalue weighted by atomic mass is 79.9. The highest BCUT2D eigenvalue weighted by Crippen LogP contribution is 2.45. The van der Waals surface area contributed by atoms with Crippen LogP contribution in [0.15, 0.2) is 28.7 Å². The fourth-order valence-electron chi connectivity index (χ4n) is 2.23. The van der Waals surface area contributed by atoms with Crippen LogP contribution in [0.5, 0.6) is 0 Å². The standard InChI is InChI=1S/C11H14BrNO/c12-10-4-2-1-3-9(10)11(7-13)5-8(14)6-11/h1-4,8,14H,5-7,13H2. The Morgan fingerprint density at radius 2 is 2.07 bits per heavy atom. The Labute approximate surface area is 92.3 Å². The van der Waals surface area contributed by atoms with E-state index in [0.717, 1.165) is 17.3 Å². The van der Waals surface area contributed by atoms with Gasteiger partial charge in [0.1, 0.15) is 0 Å². The van der Waals surface area contributed by atoms with Gasteiger partial charge < -0.3 is 10.8 Å². The molecule has 1 aliphatic carbocycles. The van der Waals surface area contributed by atoms with Crippen LogP contribution in [-0.2, 0) is 5.41 Å². The predicted octanol–water partition coefficient (Wildman–Crippen LogP) is 1.80. The molecule has 1 saturated carbocycles. The van der Waals surface area contributed by atoms with Gasteiger partial charge in [0.05, 0.1) is 6.10 Å². The van der Waals surface area contributed by atoms with Crippen molar-refractivity contribution >= 4 is 15.9 Å². The molecule has 14 heavy (non-hydrogen) atoms. The fourth-order valence-corrected chi connectivity index (χ4v) is 2.94. The lowest BCUT2D eigenvalue weighted by Crippen LogP contribution is -2.50. The van der Waals surface area contributed by atoms with Crippen LogP contribution in [0, 0.1) is 0 Å². The van der Waals surface area contributed by atoms with Crippen molar-refractivity contribution in [2.24, 2.45) is 5.73 Å². The van der Waals surface area contributed by atoms with Gasteiger partial charge in [0.25, 0.3) is 0 Å². The molecule has 0 radical (unpaired) electrons. The summed E-state index contributed by atoms with van der Waals surface area (Å²) in [5, 5.41) is 9.40. The van der Waals surface area contributed by atoms with Crippen molar-refractivity contribution in [3.8, 4) is 0 Å². The molecule has 0 amide bonds. The number of aliphatic hydroxyl groups excluding tert-OH is 1. The van der Waals surface area contributed by atoms with E-state index in [1.54, 1.807) is 0 Å². The zero-order valence-corrected chi connectivity index (χ0v) is 9.50. The summed E-state index contributed by atoms with van der Waals surface area (Å²) in [5.74, 6) is 0. The SMILES string of the molecule is NCC1(c2ccccc2Br)CC(O)C1. The van der Waals surface area contributed by atoms with Crippen molar-refractivity contribution in [1.82, 2.24) is 0 Å². The molecule has 1 aliphatic rings. The van der Waals surface area contributed by atoms with Crippen molar-refractivity contribution in [3.63, 3.8) is 0 Å². The summed E-state index contributed by atoms with van der Waals surface area (Å²) >= 11 is 3.53. The number of benzene rings is 1. The molecule has 0 heterocycles. The van der Waals surface area contributed by atoms with Crippen LogP contribution < -0.4 is 5.73 Å². The fraction of sp³-hybridized carbons (Fsp3) is 0.455. The summed E-state index contributed by atoms with van der Waals surface area (Å²) in [4.78, 5) is 0. The van der Waals surface area contributed by atoms with E-state index >= 15 is 0 Å². The minimum absolute atomic E-state index is 0.000486. The Morgan fingerprint density at radius 3 is 2.57 bits per heavy atom. The molecule has 0 bridgehead atoms. The first kappa shape index (κ1) is 10.1. The topological polar surface area (TPSA) is 46.2 Å². The molecular formula is C11H14BrNO. The first-order valence-corrected chi connectivity index (χ1v) is 5.60. The van der Waals surface area contributed by atoms with Crippen molar-refractivity contribution in [2.75, 3.05) is 6.54 Å². The molecule has 3 heteroatoms. The normalized spacial score (nSPS) is 31.2. The minimum atomic E-state index is -0.175. The number of rotatable bonds is 2. The molecule has 0 aliphatic heterocycles. The third kappa shape index (κ3) is 1.49. The van der Waals surface area contributed by atoms with Crippen LogP contribution in [0.1, 0.15) is 18.4 Å². The quantitative estimate of drug-likeness (QED) is 0.847. The second kappa shape index (κ2) is 3.65. The van der Waals surface area contributed by atoms with E-state index in [2.05, 4.69) is 22.0 Å². The van der Waals surface area contributed by atoms with E-state index in [0.29, 0.717) is 6.54 Å². The molecule has 1 aromatic carbocycles. The van der Waals surface area contributed by atoms with Crippen LogP contribution in [0.2, 0.25) is 0 Å². The van der Waals surface area contributed by atoms with Crippen LogP contribution in [0.3, 0.4) is 0 Å². The molecule has 0 spiro atoms. The molecule has 3 N–H and O–H groups in total. The summed E-state index contributed by atoms with van der Waals surface area (Å²) < 4.78 is 1.09. The van der Waals surface area contributed by atoms with Gasteiger partial charge in [0, 0.05) is 16.4 Å². The van der Waals surface area contributed by atoms with Gasteiger partial charge in [-0.3, -0.25) is 0 Å². The Morgan fingerprint density at radius 1 is 1.43 bits per heavy atom. The van der Waals surface area contributed by atoms with E-state index < -0.39 is 0 Å². The van der Waals surface area contributed by atoms with Gasteiger partial charge in [-0.25, -0.2) is 0 Å². The Balaban J connectivity index is 2.34. The maximum Gasteiger partial charge on any atom is 0.0558 e. The van der Waals surface area contributed by atoms with Gasteiger partial charge in [0.15, 0.2) is 0 Å². The van der Waals surface area contributed by atoms with Crippen molar-refractivity contribution in [2.45, 2.75) is 24.4 Å². The van der Waals surface area contributed by atoms with E-state index in [4.69, 9.17) is 5.73 Å². The average molecular weight is 256 g/mol. The molecule has 2 nitrogen and oxygen atoms in total. The molecular weight excluding hydrogens is 242 g/mol.